The van der Waals surface area contributed by atoms with Crippen molar-refractivity contribution < 1.29 is 18.0 Å². The first-order valence-corrected chi connectivity index (χ1v) is 11.9. The number of allylic oxidation sites excluding steroid dienone is 2. The predicted molar refractivity (Wildman–Crippen MR) is 119 cm³/mol. The molecule has 0 fully saturated rings. The molecule has 30 heavy (non-hydrogen) atoms. The Kier molecular flexibility index (Phi) is 6.85. The fourth-order valence-corrected chi connectivity index (χ4v) is 4.33. The second-order valence-electron chi connectivity index (χ2n) is 7.08. The molecule has 1 aliphatic rings. The summed E-state index contributed by atoms with van der Waals surface area (Å²) in [5, 5.41) is 5.72. The first-order chi connectivity index (χ1) is 14.1. The summed E-state index contributed by atoms with van der Waals surface area (Å²) in [4.78, 5) is 24.8. The van der Waals surface area contributed by atoms with Gasteiger partial charge in [0.25, 0.3) is 5.91 Å². The van der Waals surface area contributed by atoms with Crippen molar-refractivity contribution in [3.05, 3.63) is 64.2 Å². The van der Waals surface area contributed by atoms with E-state index in [1.54, 1.807) is 0 Å². The smallest absolute Gasteiger partial charge is 0.255 e. The zero-order chi connectivity index (χ0) is 21.9. The highest BCUT2D eigenvalue weighted by Gasteiger charge is 2.17. The van der Waals surface area contributed by atoms with Gasteiger partial charge in [-0.3, -0.25) is 9.59 Å². The average Bonchev–Trinajstić information content (AvgIpc) is 3.16. The van der Waals surface area contributed by atoms with Crippen LogP contribution in [0.15, 0.2) is 53.4 Å². The number of hydrogen-bond donors (Lipinski definition) is 2. The Labute approximate surface area is 185 Å². The largest absolute Gasteiger partial charge is 0.326 e. The molecule has 3 rings (SSSR count). The number of anilines is 2. The summed E-state index contributed by atoms with van der Waals surface area (Å²) in [7, 11) is -3.35. The lowest BCUT2D eigenvalue weighted by molar-refractivity contribution is -0.116. The predicted octanol–water partition coefficient (Wildman–Crippen LogP) is 4.94. The molecule has 6 nitrogen and oxygen atoms in total. The molecule has 2 N–H and O–H groups in total. The van der Waals surface area contributed by atoms with Gasteiger partial charge in [-0.2, -0.15) is 0 Å². The van der Waals surface area contributed by atoms with Crippen LogP contribution < -0.4 is 10.6 Å². The Morgan fingerprint density at radius 3 is 2.23 bits per heavy atom. The van der Waals surface area contributed by atoms with E-state index in [2.05, 4.69) is 16.7 Å². The highest BCUT2D eigenvalue weighted by molar-refractivity contribution is 7.90. The number of rotatable bonds is 6. The van der Waals surface area contributed by atoms with Gasteiger partial charge in [-0.05, 0) is 55.2 Å². The number of halogens is 2. The Morgan fingerprint density at radius 2 is 1.70 bits per heavy atom. The second-order valence-corrected chi connectivity index (χ2v) is 9.91. The molecule has 2 amide bonds. The lowest BCUT2D eigenvalue weighted by Gasteiger charge is -2.13. The number of nitrogens with one attached hydrogen (secondary N) is 2. The minimum absolute atomic E-state index is 0.114. The summed E-state index contributed by atoms with van der Waals surface area (Å²) in [6.45, 7) is 0. The van der Waals surface area contributed by atoms with Gasteiger partial charge in [-0.25, -0.2) is 8.42 Å². The summed E-state index contributed by atoms with van der Waals surface area (Å²) in [5.41, 5.74) is 0.885. The van der Waals surface area contributed by atoms with E-state index in [1.807, 2.05) is 6.08 Å². The highest BCUT2D eigenvalue weighted by atomic mass is 35.5. The van der Waals surface area contributed by atoms with Crippen molar-refractivity contribution in [2.45, 2.75) is 24.2 Å². The number of hydrogen-bond acceptors (Lipinski definition) is 4. The molecular formula is C21H20Cl2N2O4S. The first-order valence-electron chi connectivity index (χ1n) is 9.20. The van der Waals surface area contributed by atoms with Crippen molar-refractivity contribution in [2.24, 2.45) is 5.92 Å². The van der Waals surface area contributed by atoms with Crippen molar-refractivity contribution >= 4 is 56.2 Å². The van der Waals surface area contributed by atoms with E-state index in [0.717, 1.165) is 19.1 Å². The molecule has 1 aliphatic carbocycles. The minimum Gasteiger partial charge on any atom is -0.326 e. The molecule has 2 aromatic rings. The van der Waals surface area contributed by atoms with Crippen LogP contribution >= 0.6 is 23.2 Å². The van der Waals surface area contributed by atoms with Crippen molar-refractivity contribution in [1.82, 2.24) is 0 Å². The van der Waals surface area contributed by atoms with Gasteiger partial charge in [-0.1, -0.05) is 35.4 Å². The van der Waals surface area contributed by atoms with Crippen LogP contribution in [0.4, 0.5) is 11.4 Å². The van der Waals surface area contributed by atoms with Gasteiger partial charge in [0.2, 0.25) is 5.91 Å². The monoisotopic (exact) mass is 466 g/mol. The van der Waals surface area contributed by atoms with Crippen LogP contribution in [-0.4, -0.2) is 26.5 Å². The topological polar surface area (TPSA) is 92.3 Å². The normalized spacial score (nSPS) is 15.8. The maximum Gasteiger partial charge on any atom is 0.255 e. The van der Waals surface area contributed by atoms with Crippen molar-refractivity contribution in [3.8, 4) is 0 Å². The Morgan fingerprint density at radius 1 is 1.07 bits per heavy atom. The number of benzene rings is 2. The van der Waals surface area contributed by atoms with Crippen LogP contribution in [0, 0.1) is 5.92 Å². The average molecular weight is 467 g/mol. The van der Waals surface area contributed by atoms with Crippen molar-refractivity contribution in [3.63, 3.8) is 0 Å². The Hall–Kier alpha value is -2.35. The molecule has 0 bridgehead atoms. The molecule has 0 radical (unpaired) electrons. The third-order valence-corrected chi connectivity index (χ3v) is 6.39. The summed E-state index contributed by atoms with van der Waals surface area (Å²) in [6, 6.07) is 8.53. The van der Waals surface area contributed by atoms with E-state index in [1.165, 1.54) is 36.4 Å². The van der Waals surface area contributed by atoms with Crippen LogP contribution in [0.2, 0.25) is 10.0 Å². The van der Waals surface area contributed by atoms with E-state index in [4.69, 9.17) is 23.2 Å². The quantitative estimate of drug-likeness (QED) is 0.589. The molecule has 0 unspecified atom stereocenters. The second kappa shape index (κ2) is 9.20. The third kappa shape index (κ3) is 5.62. The van der Waals surface area contributed by atoms with Crippen LogP contribution in [0.3, 0.4) is 0 Å². The number of sulfone groups is 1. The molecule has 158 valence electrons. The van der Waals surface area contributed by atoms with Crippen LogP contribution in [0.25, 0.3) is 0 Å². The summed E-state index contributed by atoms with van der Waals surface area (Å²) >= 11 is 12.5. The van der Waals surface area contributed by atoms with Gasteiger partial charge in [-0.15, -0.1) is 0 Å². The number of amides is 2. The summed E-state index contributed by atoms with van der Waals surface area (Å²) in [6.07, 6.45) is 7.53. The van der Waals surface area contributed by atoms with Gasteiger partial charge in [0.15, 0.2) is 9.84 Å². The molecule has 0 aromatic heterocycles. The van der Waals surface area contributed by atoms with Gasteiger partial charge in [0, 0.05) is 23.9 Å². The van der Waals surface area contributed by atoms with E-state index < -0.39 is 15.7 Å². The molecule has 0 heterocycles. The Balaban J connectivity index is 1.69. The lowest BCUT2D eigenvalue weighted by Crippen LogP contribution is -2.16. The van der Waals surface area contributed by atoms with Crippen molar-refractivity contribution in [1.29, 1.82) is 0 Å². The van der Waals surface area contributed by atoms with Gasteiger partial charge >= 0.3 is 0 Å². The maximum absolute atomic E-state index is 12.5. The lowest BCUT2D eigenvalue weighted by atomic mass is 10.1. The molecule has 0 saturated carbocycles. The van der Waals surface area contributed by atoms with Gasteiger partial charge in [0.1, 0.15) is 0 Å². The molecule has 1 atom stereocenters. The summed E-state index contributed by atoms with van der Waals surface area (Å²) in [5.74, 6) is -0.395. The Bertz CT molecular complexity index is 1090. The molecular weight excluding hydrogens is 447 g/mol. The molecule has 2 aromatic carbocycles. The SMILES string of the molecule is CS(=O)(=O)c1ccc(C(=O)Nc2c(Cl)cc(NC(=O)C[C@@H]3C=CCC3)cc2Cl)cc1. The minimum atomic E-state index is -3.35. The van der Waals surface area contributed by atoms with Crippen LogP contribution in [0.5, 0.6) is 0 Å². The van der Waals surface area contributed by atoms with Crippen LogP contribution in [-0.2, 0) is 14.6 Å². The third-order valence-electron chi connectivity index (χ3n) is 4.67. The molecule has 9 heteroatoms. The fourth-order valence-electron chi connectivity index (χ4n) is 3.12. The maximum atomic E-state index is 12.5. The van der Waals surface area contributed by atoms with E-state index >= 15 is 0 Å². The van der Waals surface area contributed by atoms with Gasteiger partial charge < -0.3 is 10.6 Å². The molecule has 0 spiro atoms. The number of carbonyl (C=O) groups excluding carboxylic acids is 2. The number of carbonyl (C=O) groups is 2. The van der Waals surface area contributed by atoms with E-state index in [0.29, 0.717) is 12.1 Å². The fraction of sp³-hybridized carbons (Fsp3) is 0.238. The van der Waals surface area contributed by atoms with Crippen LogP contribution in [0.1, 0.15) is 29.6 Å². The highest BCUT2D eigenvalue weighted by Crippen LogP contribution is 2.34. The molecule has 0 saturated heterocycles. The van der Waals surface area contributed by atoms with Gasteiger partial charge in [0.05, 0.1) is 20.6 Å². The van der Waals surface area contributed by atoms with E-state index in [9.17, 15) is 18.0 Å². The zero-order valence-electron chi connectivity index (χ0n) is 16.1. The standard InChI is InChI=1S/C21H20Cl2N2O4S/c1-30(28,29)16-8-6-14(7-9-16)21(27)25-20-17(22)11-15(12-18(20)23)24-19(26)10-13-4-2-3-5-13/h2,4,6-9,11-13H,3,5,10H2,1H3,(H,24,26)(H,25,27)/t13-/m1/s1. The zero-order valence-corrected chi connectivity index (χ0v) is 18.4. The summed E-state index contributed by atoms with van der Waals surface area (Å²) < 4.78 is 23.1. The molecule has 0 aliphatic heterocycles. The van der Waals surface area contributed by atoms with Crippen molar-refractivity contribution in [2.75, 3.05) is 16.9 Å². The van der Waals surface area contributed by atoms with E-state index in [-0.39, 0.29) is 38.0 Å². The first kappa shape index (κ1) is 22.3.